The lowest BCUT2D eigenvalue weighted by molar-refractivity contribution is -0.456. The minimum Gasteiger partial charge on any atom is -0.373 e. The number of hydrogen-bond acceptors (Lipinski definition) is 7. The molecule has 0 amide bonds. The monoisotopic (exact) mass is 436 g/mol. The first-order valence-corrected chi connectivity index (χ1v) is 10.9. The first kappa shape index (κ1) is 24.3. The van der Waals surface area contributed by atoms with Crippen LogP contribution in [0.4, 0.5) is 0 Å². The van der Waals surface area contributed by atoms with Crippen molar-refractivity contribution in [2.45, 2.75) is 75.9 Å². The Morgan fingerprint density at radius 2 is 1.74 bits per heavy atom. The van der Waals surface area contributed by atoms with Gasteiger partial charge in [0, 0.05) is 26.4 Å². The summed E-state index contributed by atoms with van der Waals surface area (Å²) in [4.78, 5) is 0. The van der Waals surface area contributed by atoms with Crippen LogP contribution in [-0.4, -0.2) is 63.4 Å². The molecular formula is C24H36O7. The first-order chi connectivity index (χ1) is 14.9. The van der Waals surface area contributed by atoms with Gasteiger partial charge in [0.25, 0.3) is 0 Å². The maximum atomic E-state index is 6.49. The molecule has 0 bridgehead atoms. The molecule has 174 valence electrons. The summed E-state index contributed by atoms with van der Waals surface area (Å²) >= 11 is 0. The van der Waals surface area contributed by atoms with Crippen molar-refractivity contribution in [1.29, 1.82) is 0 Å². The SMILES string of the molecule is C=C[C@@H]1OC(C)(OC)C(C)(OC)O[C@H]1[C@@H]1OC(c2ccccc2)OC[C@H]1OCCCC. The fourth-order valence-corrected chi connectivity index (χ4v) is 3.91. The molecule has 0 N–H and O–H groups in total. The Morgan fingerprint density at radius 1 is 1.06 bits per heavy atom. The summed E-state index contributed by atoms with van der Waals surface area (Å²) in [5.41, 5.74) is 0.933. The molecule has 1 aromatic carbocycles. The Morgan fingerprint density at radius 3 is 2.35 bits per heavy atom. The number of benzene rings is 1. The van der Waals surface area contributed by atoms with Crippen molar-refractivity contribution in [3.8, 4) is 0 Å². The summed E-state index contributed by atoms with van der Waals surface area (Å²) in [6, 6.07) is 9.83. The van der Waals surface area contributed by atoms with Crippen LogP contribution in [0.5, 0.6) is 0 Å². The summed E-state index contributed by atoms with van der Waals surface area (Å²) < 4.78 is 42.7. The third-order valence-corrected chi connectivity index (χ3v) is 6.17. The van der Waals surface area contributed by atoms with Gasteiger partial charge < -0.3 is 33.2 Å². The molecule has 0 saturated carbocycles. The van der Waals surface area contributed by atoms with E-state index >= 15 is 0 Å². The minimum absolute atomic E-state index is 0.324. The van der Waals surface area contributed by atoms with Crippen LogP contribution in [0.25, 0.3) is 0 Å². The highest BCUT2D eigenvalue weighted by molar-refractivity contribution is 5.17. The molecule has 7 nitrogen and oxygen atoms in total. The molecule has 31 heavy (non-hydrogen) atoms. The van der Waals surface area contributed by atoms with Crippen LogP contribution in [0, 0.1) is 0 Å². The predicted molar refractivity (Wildman–Crippen MR) is 115 cm³/mol. The van der Waals surface area contributed by atoms with E-state index in [0.29, 0.717) is 13.2 Å². The number of hydrogen-bond donors (Lipinski definition) is 0. The maximum absolute atomic E-state index is 6.49. The van der Waals surface area contributed by atoms with Gasteiger partial charge in [0.15, 0.2) is 6.29 Å². The largest absolute Gasteiger partial charge is 0.373 e. The zero-order valence-corrected chi connectivity index (χ0v) is 19.2. The topological polar surface area (TPSA) is 64.6 Å². The Balaban J connectivity index is 1.89. The van der Waals surface area contributed by atoms with Gasteiger partial charge in [0.1, 0.15) is 24.4 Å². The van der Waals surface area contributed by atoms with Gasteiger partial charge in [0.05, 0.1) is 6.61 Å². The zero-order chi connectivity index (χ0) is 22.5. The van der Waals surface area contributed by atoms with Gasteiger partial charge in [-0.3, -0.25) is 0 Å². The molecule has 0 radical (unpaired) electrons. The second-order valence-electron chi connectivity index (χ2n) is 8.14. The molecule has 3 unspecified atom stereocenters. The fourth-order valence-electron chi connectivity index (χ4n) is 3.91. The van der Waals surface area contributed by atoms with E-state index in [9.17, 15) is 0 Å². The highest BCUT2D eigenvalue weighted by Crippen LogP contribution is 2.43. The Kier molecular flexibility index (Phi) is 8.26. The predicted octanol–water partition coefficient (Wildman–Crippen LogP) is 3.98. The molecule has 2 saturated heterocycles. The summed E-state index contributed by atoms with van der Waals surface area (Å²) in [5.74, 6) is -2.29. The minimum atomic E-state index is -1.16. The second-order valence-corrected chi connectivity index (χ2v) is 8.14. The molecule has 2 aliphatic heterocycles. The van der Waals surface area contributed by atoms with E-state index < -0.39 is 36.2 Å². The molecule has 7 atom stereocenters. The van der Waals surface area contributed by atoms with Crippen LogP contribution in [0.3, 0.4) is 0 Å². The lowest BCUT2D eigenvalue weighted by Gasteiger charge is -2.54. The van der Waals surface area contributed by atoms with Crippen LogP contribution in [-0.2, 0) is 33.2 Å². The lowest BCUT2D eigenvalue weighted by atomic mass is 9.96. The third-order valence-electron chi connectivity index (χ3n) is 6.17. The Bertz CT molecular complexity index is 698. The number of ether oxygens (including phenoxy) is 7. The maximum Gasteiger partial charge on any atom is 0.220 e. The van der Waals surface area contributed by atoms with Gasteiger partial charge in [-0.25, -0.2) is 0 Å². The summed E-state index contributed by atoms with van der Waals surface area (Å²) in [6.45, 7) is 10.7. The van der Waals surface area contributed by atoms with Crippen molar-refractivity contribution in [3.63, 3.8) is 0 Å². The van der Waals surface area contributed by atoms with Crippen LogP contribution in [0.15, 0.2) is 43.0 Å². The average molecular weight is 437 g/mol. The molecule has 0 aromatic heterocycles. The van der Waals surface area contributed by atoms with Crippen molar-refractivity contribution in [2.24, 2.45) is 0 Å². The van der Waals surface area contributed by atoms with Crippen molar-refractivity contribution in [1.82, 2.24) is 0 Å². The summed E-state index contributed by atoms with van der Waals surface area (Å²) in [5, 5.41) is 0. The lowest BCUT2D eigenvalue weighted by Crippen LogP contribution is -2.68. The molecule has 2 fully saturated rings. The van der Waals surface area contributed by atoms with Gasteiger partial charge in [-0.1, -0.05) is 49.8 Å². The van der Waals surface area contributed by atoms with Crippen molar-refractivity contribution < 1.29 is 33.2 Å². The van der Waals surface area contributed by atoms with Crippen LogP contribution >= 0.6 is 0 Å². The van der Waals surface area contributed by atoms with Gasteiger partial charge >= 0.3 is 0 Å². The van der Waals surface area contributed by atoms with Crippen molar-refractivity contribution in [3.05, 3.63) is 48.6 Å². The molecule has 0 spiro atoms. The zero-order valence-electron chi connectivity index (χ0n) is 19.2. The first-order valence-electron chi connectivity index (χ1n) is 10.9. The number of unbranched alkanes of at least 4 members (excludes halogenated alkanes) is 1. The van der Waals surface area contributed by atoms with Crippen molar-refractivity contribution >= 4 is 0 Å². The van der Waals surface area contributed by atoms with Gasteiger partial charge in [-0.05, 0) is 20.3 Å². The molecule has 2 heterocycles. The van der Waals surface area contributed by atoms with Crippen LogP contribution in [0.1, 0.15) is 45.5 Å². The second kappa shape index (κ2) is 10.5. The number of rotatable bonds is 9. The fraction of sp³-hybridized carbons (Fsp3) is 0.667. The van der Waals surface area contributed by atoms with E-state index in [1.54, 1.807) is 34.1 Å². The smallest absolute Gasteiger partial charge is 0.220 e. The average Bonchev–Trinajstić information content (AvgIpc) is 2.81. The standard InChI is InChI=1S/C24H36O7/c1-7-9-15-27-19-16-28-22(17-13-11-10-12-14-17)29-20(19)21-18(8-2)30-23(3,25-5)24(4,26-6)31-21/h8,10-14,18-22H,2,7,9,15-16H2,1,3-6H3/t18-,19+,20+,21+,22?,23?,24?/m0/s1. The van der Waals surface area contributed by atoms with E-state index in [-0.39, 0.29) is 6.10 Å². The van der Waals surface area contributed by atoms with Gasteiger partial charge in [-0.15, -0.1) is 6.58 Å². The van der Waals surface area contributed by atoms with Gasteiger partial charge in [0.2, 0.25) is 11.6 Å². The summed E-state index contributed by atoms with van der Waals surface area (Å²) in [6.07, 6.45) is 1.35. The van der Waals surface area contributed by atoms with E-state index in [1.807, 2.05) is 30.3 Å². The number of methoxy groups -OCH3 is 2. The Labute approximate surface area is 185 Å². The van der Waals surface area contributed by atoms with Crippen molar-refractivity contribution in [2.75, 3.05) is 27.4 Å². The highest BCUT2D eigenvalue weighted by atomic mass is 16.8. The van der Waals surface area contributed by atoms with E-state index in [0.717, 1.165) is 18.4 Å². The van der Waals surface area contributed by atoms with Gasteiger partial charge in [-0.2, -0.15) is 0 Å². The van der Waals surface area contributed by atoms with Crippen LogP contribution < -0.4 is 0 Å². The van der Waals surface area contributed by atoms with Crippen LogP contribution in [0.2, 0.25) is 0 Å². The molecule has 2 aliphatic rings. The highest BCUT2D eigenvalue weighted by Gasteiger charge is 2.59. The Hall–Kier alpha value is -1.32. The van der Waals surface area contributed by atoms with E-state index in [2.05, 4.69) is 13.5 Å². The molecule has 3 rings (SSSR count). The normalized spacial score (nSPS) is 38.7. The van der Waals surface area contributed by atoms with E-state index in [4.69, 9.17) is 33.2 Å². The molecular weight excluding hydrogens is 400 g/mol. The molecule has 7 heteroatoms. The molecule has 1 aromatic rings. The third kappa shape index (κ3) is 5.03. The quantitative estimate of drug-likeness (QED) is 0.428. The molecule has 0 aliphatic carbocycles. The van der Waals surface area contributed by atoms with E-state index in [1.165, 1.54) is 0 Å². The summed E-state index contributed by atoms with van der Waals surface area (Å²) in [7, 11) is 3.13.